The molecule has 0 saturated heterocycles. The highest BCUT2D eigenvalue weighted by molar-refractivity contribution is 7.89. The van der Waals surface area contributed by atoms with Gasteiger partial charge in [-0.25, -0.2) is 17.9 Å². The van der Waals surface area contributed by atoms with Gasteiger partial charge in [0.2, 0.25) is 15.9 Å². The summed E-state index contributed by atoms with van der Waals surface area (Å²) in [4.78, 5) is 12.0. The van der Waals surface area contributed by atoms with Gasteiger partial charge in [-0.2, -0.15) is 0 Å². The summed E-state index contributed by atoms with van der Waals surface area (Å²) in [6.45, 7) is 0. The van der Waals surface area contributed by atoms with Crippen LogP contribution in [0.3, 0.4) is 0 Å². The number of hydrogen-bond acceptors (Lipinski definition) is 4. The lowest BCUT2D eigenvalue weighted by Crippen LogP contribution is -2.15. The van der Waals surface area contributed by atoms with E-state index in [0.29, 0.717) is 29.2 Å². The normalized spacial score (nSPS) is 11.3. The predicted molar refractivity (Wildman–Crippen MR) is 98.9 cm³/mol. The monoisotopic (exact) mass is 388 g/mol. The molecule has 6 nitrogen and oxygen atoms in total. The highest BCUT2D eigenvalue weighted by Crippen LogP contribution is 2.25. The Labute approximate surface area is 155 Å². The summed E-state index contributed by atoms with van der Waals surface area (Å²) in [6.07, 6.45) is 0.430. The molecule has 0 saturated carbocycles. The summed E-state index contributed by atoms with van der Waals surface area (Å²) >= 11 is 0. The molecular formula is C19H17FN2O4S. The topological polar surface area (TPSA) is 102 Å². The maximum absolute atomic E-state index is 13.8. The summed E-state index contributed by atoms with van der Waals surface area (Å²) < 4.78 is 42.1. The van der Waals surface area contributed by atoms with Crippen LogP contribution in [-0.4, -0.2) is 14.3 Å². The van der Waals surface area contributed by atoms with Crippen LogP contribution in [0.1, 0.15) is 12.2 Å². The molecule has 1 amide bonds. The molecule has 0 atom stereocenters. The Bertz CT molecular complexity index is 1080. The molecule has 3 N–H and O–H groups in total. The van der Waals surface area contributed by atoms with Crippen LogP contribution in [0.15, 0.2) is 70.0 Å². The van der Waals surface area contributed by atoms with Gasteiger partial charge in [-0.1, -0.05) is 18.2 Å². The van der Waals surface area contributed by atoms with E-state index in [0.717, 1.165) is 0 Å². The van der Waals surface area contributed by atoms with Gasteiger partial charge >= 0.3 is 0 Å². The first-order valence-electron chi connectivity index (χ1n) is 8.09. The van der Waals surface area contributed by atoms with Crippen molar-refractivity contribution in [1.29, 1.82) is 0 Å². The zero-order valence-corrected chi connectivity index (χ0v) is 15.0. The van der Waals surface area contributed by atoms with Crippen molar-refractivity contribution in [2.75, 3.05) is 5.32 Å². The summed E-state index contributed by atoms with van der Waals surface area (Å²) in [5.74, 6) is 0.238. The number of nitrogens with one attached hydrogen (secondary N) is 1. The van der Waals surface area contributed by atoms with E-state index in [9.17, 15) is 17.6 Å². The molecule has 1 heterocycles. The third kappa shape index (κ3) is 4.81. The first-order chi connectivity index (χ1) is 12.8. The number of anilines is 1. The quantitative estimate of drug-likeness (QED) is 0.676. The number of carbonyl (C=O) groups is 1. The number of halogens is 1. The molecule has 0 bridgehead atoms. The van der Waals surface area contributed by atoms with Crippen LogP contribution >= 0.6 is 0 Å². The Kier molecular flexibility index (Phi) is 5.38. The van der Waals surface area contributed by atoms with E-state index in [4.69, 9.17) is 9.56 Å². The van der Waals surface area contributed by atoms with E-state index >= 15 is 0 Å². The molecule has 0 radical (unpaired) electrons. The number of aryl methyl sites for hydroxylation is 1. The number of benzene rings is 2. The largest absolute Gasteiger partial charge is 0.461 e. The van der Waals surface area contributed by atoms with Crippen LogP contribution < -0.4 is 10.5 Å². The molecule has 0 aliphatic heterocycles. The zero-order valence-electron chi connectivity index (χ0n) is 14.2. The third-order valence-corrected chi connectivity index (χ3v) is 4.76. The van der Waals surface area contributed by atoms with Gasteiger partial charge in [0.15, 0.2) is 0 Å². The van der Waals surface area contributed by atoms with Crippen LogP contribution in [0.2, 0.25) is 0 Å². The second kappa shape index (κ2) is 7.73. The Hall–Kier alpha value is -2.97. The second-order valence-electron chi connectivity index (χ2n) is 5.87. The van der Waals surface area contributed by atoms with Crippen LogP contribution in [0, 0.1) is 5.82 Å². The molecule has 3 aromatic rings. The van der Waals surface area contributed by atoms with E-state index in [2.05, 4.69) is 5.32 Å². The molecule has 3 rings (SSSR count). The summed E-state index contributed by atoms with van der Waals surface area (Å²) in [7, 11) is -3.84. The van der Waals surface area contributed by atoms with Crippen LogP contribution in [0.4, 0.5) is 10.1 Å². The Morgan fingerprint density at radius 1 is 1.07 bits per heavy atom. The van der Waals surface area contributed by atoms with E-state index < -0.39 is 10.0 Å². The summed E-state index contributed by atoms with van der Waals surface area (Å²) in [5, 5.41) is 7.68. The molecule has 2 aromatic carbocycles. The van der Waals surface area contributed by atoms with Gasteiger partial charge in [0.1, 0.15) is 17.3 Å². The standard InChI is InChI=1S/C19H17FN2O4S/c20-17-7-2-1-6-16(17)18-10-8-14(26-18)9-11-19(23)22-13-4-3-5-15(12-13)27(21,24)25/h1-8,10,12H,9,11H2,(H,22,23)(H2,21,24,25). The van der Waals surface area contributed by atoms with Crippen molar-refractivity contribution in [2.24, 2.45) is 5.14 Å². The van der Waals surface area contributed by atoms with Crippen molar-refractivity contribution in [3.05, 3.63) is 72.2 Å². The number of carbonyl (C=O) groups excluding carboxylic acids is 1. The van der Waals surface area contributed by atoms with Gasteiger partial charge in [-0.05, 0) is 42.5 Å². The maximum atomic E-state index is 13.8. The van der Waals surface area contributed by atoms with Gasteiger partial charge in [0.25, 0.3) is 0 Å². The number of nitrogens with two attached hydrogens (primary N) is 1. The molecule has 0 fully saturated rings. The van der Waals surface area contributed by atoms with Gasteiger partial charge in [-0.15, -0.1) is 0 Å². The molecule has 27 heavy (non-hydrogen) atoms. The maximum Gasteiger partial charge on any atom is 0.238 e. The van der Waals surface area contributed by atoms with E-state index in [1.54, 1.807) is 36.4 Å². The van der Waals surface area contributed by atoms with Crippen molar-refractivity contribution in [3.63, 3.8) is 0 Å². The Balaban J connectivity index is 1.61. The molecule has 8 heteroatoms. The van der Waals surface area contributed by atoms with Crippen molar-refractivity contribution in [2.45, 2.75) is 17.7 Å². The van der Waals surface area contributed by atoms with Crippen molar-refractivity contribution < 1.29 is 22.0 Å². The number of primary sulfonamides is 1. The van der Waals surface area contributed by atoms with Crippen LogP contribution in [0.25, 0.3) is 11.3 Å². The van der Waals surface area contributed by atoms with Crippen molar-refractivity contribution in [3.8, 4) is 11.3 Å². The van der Waals surface area contributed by atoms with Gasteiger partial charge in [0.05, 0.1) is 10.5 Å². The minimum absolute atomic E-state index is 0.0825. The van der Waals surface area contributed by atoms with E-state index in [-0.39, 0.29) is 23.0 Å². The van der Waals surface area contributed by atoms with Crippen molar-refractivity contribution in [1.82, 2.24) is 0 Å². The van der Waals surface area contributed by atoms with Gasteiger partial charge in [-0.3, -0.25) is 4.79 Å². The fraction of sp³-hybridized carbons (Fsp3) is 0.105. The average Bonchev–Trinajstić information content (AvgIpc) is 3.09. The van der Waals surface area contributed by atoms with Gasteiger partial charge < -0.3 is 9.73 Å². The summed E-state index contributed by atoms with van der Waals surface area (Å²) in [6, 6.07) is 15.3. The number of hydrogen-bond donors (Lipinski definition) is 2. The first-order valence-corrected chi connectivity index (χ1v) is 9.64. The molecule has 0 spiro atoms. The molecule has 0 aliphatic rings. The van der Waals surface area contributed by atoms with Crippen LogP contribution in [0.5, 0.6) is 0 Å². The number of furan rings is 1. The second-order valence-corrected chi connectivity index (χ2v) is 7.43. The number of sulfonamides is 1. The minimum atomic E-state index is -3.84. The first kappa shape index (κ1) is 18.8. The highest BCUT2D eigenvalue weighted by Gasteiger charge is 2.12. The smallest absolute Gasteiger partial charge is 0.238 e. The predicted octanol–water partition coefficient (Wildman–Crippen LogP) is 3.30. The fourth-order valence-corrected chi connectivity index (χ4v) is 3.09. The molecule has 0 unspecified atom stereocenters. The SMILES string of the molecule is NS(=O)(=O)c1cccc(NC(=O)CCc2ccc(-c3ccccc3F)o2)c1. The summed E-state index contributed by atoms with van der Waals surface area (Å²) in [5.41, 5.74) is 0.686. The zero-order chi connectivity index (χ0) is 19.4. The minimum Gasteiger partial charge on any atom is -0.461 e. The molecule has 140 valence electrons. The fourth-order valence-electron chi connectivity index (χ4n) is 2.53. The number of rotatable bonds is 6. The highest BCUT2D eigenvalue weighted by atomic mass is 32.2. The lowest BCUT2D eigenvalue weighted by atomic mass is 10.1. The Morgan fingerprint density at radius 2 is 1.85 bits per heavy atom. The Morgan fingerprint density at radius 3 is 2.59 bits per heavy atom. The van der Waals surface area contributed by atoms with Gasteiger partial charge in [0, 0.05) is 18.5 Å². The molecule has 0 aliphatic carbocycles. The third-order valence-electron chi connectivity index (χ3n) is 3.85. The number of amides is 1. The lowest BCUT2D eigenvalue weighted by molar-refractivity contribution is -0.116. The van der Waals surface area contributed by atoms with Crippen molar-refractivity contribution >= 4 is 21.6 Å². The average molecular weight is 388 g/mol. The van der Waals surface area contributed by atoms with E-state index in [1.165, 1.54) is 24.3 Å². The molecule has 1 aromatic heterocycles. The van der Waals surface area contributed by atoms with Crippen LogP contribution in [-0.2, 0) is 21.2 Å². The molecular weight excluding hydrogens is 371 g/mol. The lowest BCUT2D eigenvalue weighted by Gasteiger charge is -2.06. The van der Waals surface area contributed by atoms with E-state index in [1.807, 2.05) is 0 Å².